The van der Waals surface area contributed by atoms with E-state index in [4.69, 9.17) is 0 Å². The number of benzene rings is 1. The second kappa shape index (κ2) is 7.20. The average molecular weight is 263 g/mol. The molecule has 0 amide bonds. The molecule has 0 aliphatic heterocycles. The first-order valence-corrected chi connectivity index (χ1v) is 8.22. The molecule has 1 fully saturated rings. The number of hydrogen-bond donors (Lipinski definition) is 1. The summed E-state index contributed by atoms with van der Waals surface area (Å²) in [4.78, 5) is 1.41. The zero-order valence-electron chi connectivity index (χ0n) is 11.5. The standard InChI is InChI=1S/C16H25NS/c1-2-17-14-16(10-6-7-11-16)12-13-18-15-8-4-3-5-9-15/h3-5,8-9,17H,2,6-7,10-14H2,1H3. The second-order valence-electron chi connectivity index (χ2n) is 5.40. The molecule has 0 heterocycles. The van der Waals surface area contributed by atoms with Crippen LogP contribution >= 0.6 is 11.8 Å². The Morgan fingerprint density at radius 1 is 1.17 bits per heavy atom. The molecule has 0 aromatic heterocycles. The zero-order valence-corrected chi connectivity index (χ0v) is 12.3. The fraction of sp³-hybridized carbons (Fsp3) is 0.625. The van der Waals surface area contributed by atoms with Gasteiger partial charge < -0.3 is 5.32 Å². The minimum Gasteiger partial charge on any atom is -0.316 e. The van der Waals surface area contributed by atoms with Crippen molar-refractivity contribution < 1.29 is 0 Å². The summed E-state index contributed by atoms with van der Waals surface area (Å²) in [5.74, 6) is 1.26. The van der Waals surface area contributed by atoms with Crippen molar-refractivity contribution in [3.63, 3.8) is 0 Å². The quantitative estimate of drug-likeness (QED) is 0.734. The maximum Gasteiger partial charge on any atom is 0.00719 e. The highest BCUT2D eigenvalue weighted by atomic mass is 32.2. The van der Waals surface area contributed by atoms with Crippen LogP contribution in [0.25, 0.3) is 0 Å². The molecular weight excluding hydrogens is 238 g/mol. The Balaban J connectivity index is 1.79. The third-order valence-corrected chi connectivity index (χ3v) is 5.07. The first kappa shape index (κ1) is 14.0. The normalized spacial score (nSPS) is 18.1. The molecule has 0 bridgehead atoms. The van der Waals surface area contributed by atoms with E-state index in [1.807, 2.05) is 11.8 Å². The van der Waals surface area contributed by atoms with Gasteiger partial charge in [-0.3, -0.25) is 0 Å². The van der Waals surface area contributed by atoms with E-state index in [0.717, 1.165) is 6.54 Å². The molecule has 1 N–H and O–H groups in total. The van der Waals surface area contributed by atoms with Crippen LogP contribution in [0.3, 0.4) is 0 Å². The molecule has 18 heavy (non-hydrogen) atoms. The van der Waals surface area contributed by atoms with Crippen LogP contribution in [-0.2, 0) is 0 Å². The van der Waals surface area contributed by atoms with Crippen molar-refractivity contribution in [1.29, 1.82) is 0 Å². The molecule has 0 atom stereocenters. The van der Waals surface area contributed by atoms with Crippen LogP contribution < -0.4 is 5.32 Å². The molecule has 2 rings (SSSR count). The van der Waals surface area contributed by atoms with E-state index >= 15 is 0 Å². The fourth-order valence-electron chi connectivity index (χ4n) is 2.93. The van der Waals surface area contributed by atoms with E-state index in [0.29, 0.717) is 5.41 Å². The van der Waals surface area contributed by atoms with Crippen molar-refractivity contribution in [3.8, 4) is 0 Å². The summed E-state index contributed by atoms with van der Waals surface area (Å²) < 4.78 is 0. The van der Waals surface area contributed by atoms with Crippen LogP contribution in [0.1, 0.15) is 39.0 Å². The molecule has 0 spiro atoms. The molecule has 1 aromatic carbocycles. The van der Waals surface area contributed by atoms with Crippen molar-refractivity contribution in [3.05, 3.63) is 30.3 Å². The Morgan fingerprint density at radius 3 is 2.56 bits per heavy atom. The van der Waals surface area contributed by atoms with Gasteiger partial charge in [-0.15, -0.1) is 11.8 Å². The minimum absolute atomic E-state index is 0.595. The fourth-order valence-corrected chi connectivity index (χ4v) is 4.05. The lowest BCUT2D eigenvalue weighted by molar-refractivity contribution is 0.274. The number of rotatable bonds is 7. The molecule has 0 radical (unpaired) electrons. The van der Waals surface area contributed by atoms with Gasteiger partial charge in [0.25, 0.3) is 0 Å². The third kappa shape index (κ3) is 4.03. The van der Waals surface area contributed by atoms with Crippen LogP contribution in [0.4, 0.5) is 0 Å². The smallest absolute Gasteiger partial charge is 0.00719 e. The molecule has 1 aromatic rings. The van der Waals surface area contributed by atoms with Gasteiger partial charge in [0.05, 0.1) is 0 Å². The Morgan fingerprint density at radius 2 is 1.89 bits per heavy atom. The van der Waals surface area contributed by atoms with Gasteiger partial charge in [-0.2, -0.15) is 0 Å². The second-order valence-corrected chi connectivity index (χ2v) is 6.57. The van der Waals surface area contributed by atoms with Gasteiger partial charge in [-0.1, -0.05) is 38.0 Å². The van der Waals surface area contributed by atoms with Crippen LogP contribution in [0, 0.1) is 5.41 Å². The highest BCUT2D eigenvalue weighted by Crippen LogP contribution is 2.41. The largest absolute Gasteiger partial charge is 0.316 e. The highest BCUT2D eigenvalue weighted by molar-refractivity contribution is 7.99. The molecule has 1 nitrogen and oxygen atoms in total. The van der Waals surface area contributed by atoms with Crippen LogP contribution in [-0.4, -0.2) is 18.8 Å². The molecule has 1 aliphatic rings. The maximum absolute atomic E-state index is 3.57. The van der Waals surface area contributed by atoms with E-state index < -0.39 is 0 Å². The van der Waals surface area contributed by atoms with Gasteiger partial charge in [0, 0.05) is 11.4 Å². The van der Waals surface area contributed by atoms with Crippen molar-refractivity contribution in [2.24, 2.45) is 5.41 Å². The molecule has 0 unspecified atom stereocenters. The van der Waals surface area contributed by atoms with Crippen LogP contribution in [0.5, 0.6) is 0 Å². The van der Waals surface area contributed by atoms with Crippen LogP contribution in [0.15, 0.2) is 35.2 Å². The number of thioether (sulfide) groups is 1. The monoisotopic (exact) mass is 263 g/mol. The summed E-state index contributed by atoms with van der Waals surface area (Å²) in [6, 6.07) is 10.8. The van der Waals surface area contributed by atoms with Crippen molar-refractivity contribution in [2.45, 2.75) is 43.9 Å². The first-order chi connectivity index (χ1) is 8.85. The van der Waals surface area contributed by atoms with Crippen molar-refractivity contribution >= 4 is 11.8 Å². The van der Waals surface area contributed by atoms with Crippen molar-refractivity contribution in [2.75, 3.05) is 18.8 Å². The summed E-state index contributed by atoms with van der Waals surface area (Å²) in [6.07, 6.45) is 7.08. The van der Waals surface area contributed by atoms with Gasteiger partial charge in [-0.05, 0) is 49.1 Å². The zero-order chi connectivity index (χ0) is 12.7. The van der Waals surface area contributed by atoms with E-state index in [1.165, 1.54) is 49.3 Å². The average Bonchev–Trinajstić information content (AvgIpc) is 2.87. The Labute approximate surface area is 116 Å². The summed E-state index contributed by atoms with van der Waals surface area (Å²) >= 11 is 2.01. The minimum atomic E-state index is 0.595. The van der Waals surface area contributed by atoms with Crippen molar-refractivity contribution in [1.82, 2.24) is 5.32 Å². The summed E-state index contributed by atoms with van der Waals surface area (Å²) in [7, 11) is 0. The third-order valence-electron chi connectivity index (χ3n) is 4.06. The Hall–Kier alpha value is -0.470. The molecule has 100 valence electrons. The summed E-state index contributed by atoms with van der Waals surface area (Å²) in [5, 5.41) is 3.57. The molecule has 1 aliphatic carbocycles. The van der Waals surface area contributed by atoms with Gasteiger partial charge in [0.2, 0.25) is 0 Å². The lowest BCUT2D eigenvalue weighted by Gasteiger charge is -2.29. The predicted octanol–water partition coefficient (Wildman–Crippen LogP) is 4.34. The van der Waals surface area contributed by atoms with Crippen LogP contribution in [0.2, 0.25) is 0 Å². The summed E-state index contributed by atoms with van der Waals surface area (Å²) in [5.41, 5.74) is 0.595. The number of nitrogens with one attached hydrogen (secondary N) is 1. The molecular formula is C16H25NS. The van der Waals surface area contributed by atoms with Gasteiger partial charge in [0.15, 0.2) is 0 Å². The lowest BCUT2D eigenvalue weighted by atomic mass is 9.83. The molecule has 0 saturated heterocycles. The first-order valence-electron chi connectivity index (χ1n) is 7.23. The maximum atomic E-state index is 3.57. The Bertz CT molecular complexity index is 330. The van der Waals surface area contributed by atoms with Gasteiger partial charge in [0.1, 0.15) is 0 Å². The van der Waals surface area contributed by atoms with E-state index in [2.05, 4.69) is 42.6 Å². The lowest BCUT2D eigenvalue weighted by Crippen LogP contribution is -2.32. The topological polar surface area (TPSA) is 12.0 Å². The van der Waals surface area contributed by atoms with Gasteiger partial charge >= 0.3 is 0 Å². The predicted molar refractivity (Wildman–Crippen MR) is 81.2 cm³/mol. The number of hydrogen-bond acceptors (Lipinski definition) is 2. The Kier molecular flexibility index (Phi) is 5.58. The van der Waals surface area contributed by atoms with E-state index in [-0.39, 0.29) is 0 Å². The van der Waals surface area contributed by atoms with Gasteiger partial charge in [-0.25, -0.2) is 0 Å². The van der Waals surface area contributed by atoms with E-state index in [1.54, 1.807) is 0 Å². The molecule has 1 saturated carbocycles. The highest BCUT2D eigenvalue weighted by Gasteiger charge is 2.32. The molecule has 2 heteroatoms. The summed E-state index contributed by atoms with van der Waals surface area (Å²) in [6.45, 7) is 4.54. The van der Waals surface area contributed by atoms with E-state index in [9.17, 15) is 0 Å². The SMILES string of the molecule is CCNCC1(CCSc2ccccc2)CCCC1.